The molecule has 0 spiro atoms. The lowest BCUT2D eigenvalue weighted by molar-refractivity contribution is 0.0858. The number of nitrogens with one attached hydrogen (secondary N) is 1. The molecule has 0 aromatic heterocycles. The second kappa shape index (κ2) is 4.74. The van der Waals surface area contributed by atoms with Crippen molar-refractivity contribution in [1.29, 1.82) is 0 Å². The van der Waals surface area contributed by atoms with Crippen molar-refractivity contribution in [2.45, 2.75) is 20.0 Å². The van der Waals surface area contributed by atoms with Crippen LogP contribution in [0.2, 0.25) is 0 Å². The fraction of sp³-hybridized carbons (Fsp3) is 0.875. The zero-order valence-electron chi connectivity index (χ0n) is 8.16. The van der Waals surface area contributed by atoms with Crippen LogP contribution in [0.25, 0.3) is 0 Å². The fourth-order valence-electron chi connectivity index (χ4n) is 1.39. The van der Waals surface area contributed by atoms with Gasteiger partial charge in [-0.1, -0.05) is 0 Å². The highest BCUT2D eigenvalue weighted by Crippen LogP contribution is 2.01. The Morgan fingerprint density at radius 3 is 2.92 bits per heavy atom. The van der Waals surface area contributed by atoms with E-state index >= 15 is 0 Å². The van der Waals surface area contributed by atoms with E-state index in [0.717, 1.165) is 25.0 Å². The first kappa shape index (κ1) is 10.7. The lowest BCUT2D eigenvalue weighted by Gasteiger charge is -2.37. The first-order valence-electron chi connectivity index (χ1n) is 4.56. The van der Waals surface area contributed by atoms with Crippen molar-refractivity contribution in [2.24, 2.45) is 0 Å². The summed E-state index contributed by atoms with van der Waals surface area (Å²) in [4.78, 5) is 4.20. The van der Waals surface area contributed by atoms with Crippen molar-refractivity contribution >= 4 is 17.3 Å². The summed E-state index contributed by atoms with van der Waals surface area (Å²) in [6, 6.07) is 0. The minimum Gasteiger partial charge on any atom is -0.392 e. The summed E-state index contributed by atoms with van der Waals surface area (Å²) in [5.41, 5.74) is 0. The Kier molecular flexibility index (Phi) is 3.90. The molecule has 0 aliphatic carbocycles. The van der Waals surface area contributed by atoms with Gasteiger partial charge in [0.05, 0.1) is 19.4 Å². The van der Waals surface area contributed by atoms with Gasteiger partial charge in [-0.25, -0.2) is 0 Å². The van der Waals surface area contributed by atoms with Crippen molar-refractivity contribution in [2.75, 3.05) is 26.4 Å². The van der Waals surface area contributed by atoms with Gasteiger partial charge in [-0.05, 0) is 26.1 Å². The zero-order chi connectivity index (χ0) is 9.84. The van der Waals surface area contributed by atoms with Crippen LogP contribution in [-0.2, 0) is 0 Å². The molecule has 0 aromatic rings. The molecule has 76 valence electrons. The molecule has 1 saturated heterocycles. The zero-order valence-corrected chi connectivity index (χ0v) is 8.97. The maximum absolute atomic E-state index is 9.21. The molecule has 1 rings (SSSR count). The van der Waals surface area contributed by atoms with Gasteiger partial charge < -0.3 is 15.3 Å². The van der Waals surface area contributed by atoms with Crippen LogP contribution in [0.4, 0.5) is 0 Å². The molecule has 0 saturated carbocycles. The van der Waals surface area contributed by atoms with Gasteiger partial charge in [-0.2, -0.15) is 0 Å². The Labute approximate surface area is 84.5 Å². The number of hydrogen-bond acceptors (Lipinski definition) is 3. The molecule has 1 heterocycles. The summed E-state index contributed by atoms with van der Waals surface area (Å²) in [5, 5.41) is 13.1. The summed E-state index contributed by atoms with van der Waals surface area (Å²) in [6.45, 7) is 7.00. The minimum atomic E-state index is -0.285. The summed E-state index contributed by atoms with van der Waals surface area (Å²) in [6.07, 6.45) is -0.285. The lowest BCUT2D eigenvalue weighted by atomic mass is 10.4. The molecule has 4 nitrogen and oxygen atoms in total. The van der Waals surface area contributed by atoms with Gasteiger partial charge in [-0.3, -0.25) is 4.90 Å². The quantitative estimate of drug-likeness (QED) is 0.621. The largest absolute Gasteiger partial charge is 0.392 e. The van der Waals surface area contributed by atoms with E-state index in [4.69, 9.17) is 12.2 Å². The number of nitrogens with zero attached hydrogens (tertiary/aromatic N) is 2. The van der Waals surface area contributed by atoms with Crippen molar-refractivity contribution in [3.63, 3.8) is 0 Å². The third-order valence-corrected chi connectivity index (χ3v) is 2.42. The fourth-order valence-corrected chi connectivity index (χ4v) is 1.64. The molecule has 1 aliphatic rings. The van der Waals surface area contributed by atoms with Crippen LogP contribution >= 0.6 is 12.2 Å². The molecule has 5 heteroatoms. The molecular formula is C8H17N3OS. The van der Waals surface area contributed by atoms with Crippen molar-refractivity contribution < 1.29 is 5.11 Å². The average molecular weight is 203 g/mol. The van der Waals surface area contributed by atoms with Crippen LogP contribution in [0.1, 0.15) is 13.8 Å². The van der Waals surface area contributed by atoms with Gasteiger partial charge in [0.15, 0.2) is 5.11 Å². The Morgan fingerprint density at radius 2 is 2.38 bits per heavy atom. The normalized spacial score (nSPS) is 21.5. The molecule has 1 atom stereocenters. The van der Waals surface area contributed by atoms with E-state index < -0.39 is 0 Å². The summed E-state index contributed by atoms with van der Waals surface area (Å²) >= 11 is 5.12. The van der Waals surface area contributed by atoms with Gasteiger partial charge in [-0.15, -0.1) is 0 Å². The van der Waals surface area contributed by atoms with E-state index in [9.17, 15) is 5.11 Å². The van der Waals surface area contributed by atoms with Crippen LogP contribution in [-0.4, -0.2) is 52.5 Å². The van der Waals surface area contributed by atoms with Gasteiger partial charge >= 0.3 is 0 Å². The number of rotatable bonds is 3. The van der Waals surface area contributed by atoms with Gasteiger partial charge in [0.2, 0.25) is 0 Å². The first-order valence-corrected chi connectivity index (χ1v) is 4.97. The maximum atomic E-state index is 9.21. The van der Waals surface area contributed by atoms with Crippen LogP contribution in [0, 0.1) is 0 Å². The number of thiocarbonyl (C=S) groups is 1. The highest BCUT2D eigenvalue weighted by Gasteiger charge is 2.19. The van der Waals surface area contributed by atoms with Gasteiger partial charge in [0.25, 0.3) is 0 Å². The highest BCUT2D eigenvalue weighted by molar-refractivity contribution is 7.80. The number of aliphatic hydroxyl groups excluding tert-OH is 1. The monoisotopic (exact) mass is 203 g/mol. The van der Waals surface area contributed by atoms with E-state index in [2.05, 4.69) is 22.0 Å². The third-order valence-electron chi connectivity index (χ3n) is 2.02. The van der Waals surface area contributed by atoms with E-state index in [1.807, 2.05) is 0 Å². The smallest absolute Gasteiger partial charge is 0.170 e. The SMILES string of the molecule is CCN1CN(CC(C)O)CNC1=S. The summed E-state index contributed by atoms with van der Waals surface area (Å²) in [5.74, 6) is 0. The van der Waals surface area contributed by atoms with Crippen molar-refractivity contribution in [3.8, 4) is 0 Å². The van der Waals surface area contributed by atoms with Crippen molar-refractivity contribution in [3.05, 3.63) is 0 Å². The molecule has 1 unspecified atom stereocenters. The molecule has 0 aromatic carbocycles. The van der Waals surface area contributed by atoms with E-state index in [1.54, 1.807) is 6.92 Å². The van der Waals surface area contributed by atoms with Gasteiger partial charge in [0.1, 0.15) is 0 Å². The molecule has 1 fully saturated rings. The topological polar surface area (TPSA) is 38.7 Å². The highest BCUT2D eigenvalue weighted by atomic mass is 32.1. The Morgan fingerprint density at radius 1 is 1.69 bits per heavy atom. The standard InChI is InChI=1S/C8H17N3OS/c1-3-11-6-10(4-7(2)12)5-9-8(11)13/h7,12H,3-6H2,1-2H3,(H,9,13). The summed E-state index contributed by atoms with van der Waals surface area (Å²) < 4.78 is 0. The number of aliphatic hydroxyl groups is 1. The molecule has 0 bridgehead atoms. The lowest BCUT2D eigenvalue weighted by Crippen LogP contribution is -2.56. The van der Waals surface area contributed by atoms with Gasteiger partial charge in [0, 0.05) is 13.1 Å². The second-order valence-electron chi connectivity index (χ2n) is 3.34. The molecule has 0 radical (unpaired) electrons. The van der Waals surface area contributed by atoms with E-state index in [-0.39, 0.29) is 6.10 Å². The van der Waals surface area contributed by atoms with Crippen LogP contribution < -0.4 is 5.32 Å². The molecule has 0 amide bonds. The van der Waals surface area contributed by atoms with Crippen LogP contribution in [0.5, 0.6) is 0 Å². The number of β-amino-alcohol motifs (C(OH)–C–C–N with tert-alkyl or cyclic N) is 1. The third kappa shape index (κ3) is 3.10. The number of hydrogen-bond donors (Lipinski definition) is 2. The average Bonchev–Trinajstić information content (AvgIpc) is 2.07. The Balaban J connectivity index is 2.40. The van der Waals surface area contributed by atoms with E-state index in [0.29, 0.717) is 6.54 Å². The van der Waals surface area contributed by atoms with Crippen LogP contribution in [0.3, 0.4) is 0 Å². The second-order valence-corrected chi connectivity index (χ2v) is 3.73. The van der Waals surface area contributed by atoms with Crippen LogP contribution in [0.15, 0.2) is 0 Å². The molecular weight excluding hydrogens is 186 g/mol. The predicted molar refractivity (Wildman–Crippen MR) is 56.2 cm³/mol. The Bertz CT molecular complexity index is 186. The van der Waals surface area contributed by atoms with Crippen molar-refractivity contribution in [1.82, 2.24) is 15.1 Å². The summed E-state index contributed by atoms with van der Waals surface area (Å²) in [7, 11) is 0. The maximum Gasteiger partial charge on any atom is 0.170 e. The minimum absolute atomic E-state index is 0.285. The predicted octanol–water partition coefficient (Wildman–Crippen LogP) is -0.206. The molecule has 2 N–H and O–H groups in total. The first-order chi connectivity index (χ1) is 6.13. The Hall–Kier alpha value is -0.390. The molecule has 1 aliphatic heterocycles. The molecule has 13 heavy (non-hydrogen) atoms. The van der Waals surface area contributed by atoms with E-state index in [1.165, 1.54) is 0 Å².